The standard InChI is InChI=1S/C12H23N3O2/c1-4-5-10(16)11(17)6-12-13-8-14-15(12)7-9(2)3/h8-11,16-17H,4-7H2,1-3H3. The van der Waals surface area contributed by atoms with Crippen LogP contribution in [0.5, 0.6) is 0 Å². The Bertz CT molecular complexity index is 325. The predicted octanol–water partition coefficient (Wildman–Crippen LogP) is 0.998. The smallest absolute Gasteiger partial charge is 0.138 e. The van der Waals surface area contributed by atoms with Crippen molar-refractivity contribution in [3.05, 3.63) is 12.2 Å². The molecule has 0 aromatic carbocycles. The second kappa shape index (κ2) is 6.71. The van der Waals surface area contributed by atoms with Crippen molar-refractivity contribution in [2.45, 2.75) is 58.8 Å². The molecule has 0 aliphatic carbocycles. The second-order valence-electron chi connectivity index (χ2n) is 4.88. The van der Waals surface area contributed by atoms with E-state index in [1.807, 2.05) is 6.92 Å². The van der Waals surface area contributed by atoms with Gasteiger partial charge in [0, 0.05) is 13.0 Å². The van der Waals surface area contributed by atoms with Gasteiger partial charge in [0.25, 0.3) is 0 Å². The second-order valence-corrected chi connectivity index (χ2v) is 4.88. The third kappa shape index (κ3) is 4.44. The summed E-state index contributed by atoms with van der Waals surface area (Å²) < 4.78 is 1.80. The van der Waals surface area contributed by atoms with Crippen LogP contribution >= 0.6 is 0 Å². The Labute approximate surface area is 102 Å². The lowest BCUT2D eigenvalue weighted by Crippen LogP contribution is -2.29. The Morgan fingerprint density at radius 2 is 2.00 bits per heavy atom. The molecule has 98 valence electrons. The average Bonchev–Trinajstić information content (AvgIpc) is 2.65. The van der Waals surface area contributed by atoms with Gasteiger partial charge in [0.1, 0.15) is 12.2 Å². The third-order valence-corrected chi connectivity index (χ3v) is 2.65. The molecule has 0 spiro atoms. The number of rotatable bonds is 7. The maximum absolute atomic E-state index is 9.85. The van der Waals surface area contributed by atoms with Crippen LogP contribution in [-0.4, -0.2) is 37.2 Å². The maximum atomic E-state index is 9.85. The molecule has 2 unspecified atom stereocenters. The molecular weight excluding hydrogens is 218 g/mol. The van der Waals surface area contributed by atoms with Gasteiger partial charge in [0.2, 0.25) is 0 Å². The number of aromatic nitrogens is 3. The van der Waals surface area contributed by atoms with Crippen molar-refractivity contribution in [3.8, 4) is 0 Å². The number of aliphatic hydroxyl groups is 2. The zero-order chi connectivity index (χ0) is 12.8. The Morgan fingerprint density at radius 3 is 2.59 bits per heavy atom. The molecule has 0 saturated heterocycles. The van der Waals surface area contributed by atoms with E-state index in [2.05, 4.69) is 23.9 Å². The summed E-state index contributed by atoms with van der Waals surface area (Å²) in [5.41, 5.74) is 0. The minimum absolute atomic E-state index is 0.355. The van der Waals surface area contributed by atoms with Crippen molar-refractivity contribution in [2.75, 3.05) is 0 Å². The molecule has 1 aromatic heterocycles. The van der Waals surface area contributed by atoms with Crippen LogP contribution in [0.25, 0.3) is 0 Å². The van der Waals surface area contributed by atoms with Gasteiger partial charge in [-0.3, -0.25) is 0 Å². The summed E-state index contributed by atoms with van der Waals surface area (Å²) in [6.07, 6.45) is 1.88. The highest BCUT2D eigenvalue weighted by Gasteiger charge is 2.18. The lowest BCUT2D eigenvalue weighted by atomic mass is 10.1. The molecule has 1 rings (SSSR count). The topological polar surface area (TPSA) is 71.2 Å². The van der Waals surface area contributed by atoms with Gasteiger partial charge in [0.15, 0.2) is 0 Å². The molecule has 0 aliphatic rings. The molecule has 5 nitrogen and oxygen atoms in total. The van der Waals surface area contributed by atoms with Gasteiger partial charge in [-0.2, -0.15) is 5.10 Å². The molecule has 17 heavy (non-hydrogen) atoms. The molecule has 1 aromatic rings. The summed E-state index contributed by atoms with van der Waals surface area (Å²) in [4.78, 5) is 4.13. The van der Waals surface area contributed by atoms with Crippen molar-refractivity contribution in [1.82, 2.24) is 14.8 Å². The normalized spacial score (nSPS) is 15.2. The lowest BCUT2D eigenvalue weighted by molar-refractivity contribution is 0.0131. The van der Waals surface area contributed by atoms with Crippen molar-refractivity contribution in [1.29, 1.82) is 0 Å². The summed E-state index contributed by atoms with van der Waals surface area (Å²) in [5.74, 6) is 1.22. The van der Waals surface area contributed by atoms with E-state index in [1.54, 1.807) is 4.68 Å². The van der Waals surface area contributed by atoms with Crippen LogP contribution in [0, 0.1) is 5.92 Å². The van der Waals surface area contributed by atoms with Crippen molar-refractivity contribution < 1.29 is 10.2 Å². The molecule has 5 heteroatoms. The molecule has 0 saturated carbocycles. The van der Waals surface area contributed by atoms with Gasteiger partial charge in [-0.15, -0.1) is 0 Å². The molecule has 0 amide bonds. The van der Waals surface area contributed by atoms with Crippen LogP contribution in [0.15, 0.2) is 6.33 Å². The zero-order valence-electron chi connectivity index (χ0n) is 10.9. The van der Waals surface area contributed by atoms with Gasteiger partial charge >= 0.3 is 0 Å². The fourth-order valence-electron chi connectivity index (χ4n) is 1.76. The highest BCUT2D eigenvalue weighted by molar-refractivity contribution is 4.89. The molecule has 1 heterocycles. The summed E-state index contributed by atoms with van der Waals surface area (Å²) in [7, 11) is 0. The van der Waals surface area contributed by atoms with E-state index in [0.29, 0.717) is 18.8 Å². The fourth-order valence-corrected chi connectivity index (χ4v) is 1.76. The van der Waals surface area contributed by atoms with E-state index >= 15 is 0 Å². The van der Waals surface area contributed by atoms with Gasteiger partial charge in [-0.25, -0.2) is 9.67 Å². The summed E-state index contributed by atoms with van der Waals surface area (Å²) >= 11 is 0. The SMILES string of the molecule is CCCC(O)C(O)Cc1ncnn1CC(C)C. The molecule has 2 atom stereocenters. The molecule has 0 bridgehead atoms. The van der Waals surface area contributed by atoms with E-state index in [0.717, 1.165) is 18.8 Å². The Kier molecular flexibility index (Phi) is 5.58. The first kappa shape index (κ1) is 14.1. The molecular formula is C12H23N3O2. The van der Waals surface area contributed by atoms with E-state index < -0.39 is 12.2 Å². The minimum Gasteiger partial charge on any atom is -0.390 e. The largest absolute Gasteiger partial charge is 0.390 e. The van der Waals surface area contributed by atoms with Gasteiger partial charge < -0.3 is 10.2 Å². The minimum atomic E-state index is -0.759. The molecule has 0 fully saturated rings. The predicted molar refractivity (Wildman–Crippen MR) is 65.5 cm³/mol. The first-order chi connectivity index (χ1) is 8.04. The van der Waals surface area contributed by atoms with E-state index in [4.69, 9.17) is 0 Å². The Morgan fingerprint density at radius 1 is 1.29 bits per heavy atom. The van der Waals surface area contributed by atoms with Crippen LogP contribution in [0.1, 0.15) is 39.4 Å². The number of aliphatic hydroxyl groups excluding tert-OH is 2. The number of nitrogens with zero attached hydrogens (tertiary/aromatic N) is 3. The van der Waals surface area contributed by atoms with E-state index in [1.165, 1.54) is 6.33 Å². The van der Waals surface area contributed by atoms with Gasteiger partial charge in [-0.05, 0) is 12.3 Å². The Hall–Kier alpha value is -0.940. The third-order valence-electron chi connectivity index (χ3n) is 2.65. The summed E-state index contributed by atoms with van der Waals surface area (Å²) in [6, 6.07) is 0. The first-order valence-electron chi connectivity index (χ1n) is 6.27. The Balaban J connectivity index is 2.58. The van der Waals surface area contributed by atoms with E-state index in [9.17, 15) is 10.2 Å². The molecule has 0 radical (unpaired) electrons. The van der Waals surface area contributed by atoms with Crippen LogP contribution in [0.2, 0.25) is 0 Å². The zero-order valence-corrected chi connectivity index (χ0v) is 10.9. The molecule has 2 N–H and O–H groups in total. The highest BCUT2D eigenvalue weighted by atomic mass is 16.3. The van der Waals surface area contributed by atoms with Crippen molar-refractivity contribution >= 4 is 0 Å². The highest BCUT2D eigenvalue weighted by Crippen LogP contribution is 2.09. The maximum Gasteiger partial charge on any atom is 0.138 e. The van der Waals surface area contributed by atoms with Gasteiger partial charge in [0.05, 0.1) is 12.2 Å². The first-order valence-corrected chi connectivity index (χ1v) is 6.27. The quantitative estimate of drug-likeness (QED) is 0.747. The van der Waals surface area contributed by atoms with Crippen molar-refractivity contribution in [3.63, 3.8) is 0 Å². The summed E-state index contributed by atoms with van der Waals surface area (Å²) in [5, 5.41) is 23.7. The summed E-state index contributed by atoms with van der Waals surface area (Å²) in [6.45, 7) is 6.98. The lowest BCUT2D eigenvalue weighted by Gasteiger charge is -2.17. The molecule has 0 aliphatic heterocycles. The fraction of sp³-hybridized carbons (Fsp3) is 0.833. The average molecular weight is 241 g/mol. The van der Waals surface area contributed by atoms with Crippen LogP contribution in [0.3, 0.4) is 0 Å². The monoisotopic (exact) mass is 241 g/mol. The van der Waals surface area contributed by atoms with Crippen LogP contribution in [0.4, 0.5) is 0 Å². The van der Waals surface area contributed by atoms with Crippen LogP contribution in [-0.2, 0) is 13.0 Å². The van der Waals surface area contributed by atoms with Crippen LogP contribution < -0.4 is 0 Å². The number of hydrogen-bond donors (Lipinski definition) is 2. The van der Waals surface area contributed by atoms with Gasteiger partial charge in [-0.1, -0.05) is 27.2 Å². The van der Waals surface area contributed by atoms with E-state index in [-0.39, 0.29) is 0 Å². The number of hydrogen-bond acceptors (Lipinski definition) is 4. The van der Waals surface area contributed by atoms with Crippen molar-refractivity contribution in [2.24, 2.45) is 5.92 Å².